The maximum Gasteiger partial charge on any atom is 0.329 e. The van der Waals surface area contributed by atoms with Crippen LogP contribution >= 0.6 is 11.6 Å². The third kappa shape index (κ3) is 2.64. The predicted octanol–water partition coefficient (Wildman–Crippen LogP) is 3.70. The first-order valence-electron chi connectivity index (χ1n) is 6.96. The predicted molar refractivity (Wildman–Crippen MR) is 91.8 cm³/mol. The molecule has 0 aliphatic heterocycles. The highest BCUT2D eigenvalue weighted by atomic mass is 35.5. The molecule has 3 aromatic rings. The number of aliphatic carboxylic acids is 1. The van der Waals surface area contributed by atoms with Gasteiger partial charge in [0.2, 0.25) is 0 Å². The van der Waals surface area contributed by atoms with Crippen LogP contribution in [-0.2, 0) is 16.1 Å². The summed E-state index contributed by atoms with van der Waals surface area (Å²) < 4.78 is 29.8. The lowest BCUT2D eigenvalue weighted by atomic mass is 10.0. The molecule has 126 valence electrons. The van der Waals surface area contributed by atoms with Crippen molar-refractivity contribution in [2.45, 2.75) is 19.4 Å². The van der Waals surface area contributed by atoms with Gasteiger partial charge < -0.3 is 14.1 Å². The van der Waals surface area contributed by atoms with Crippen molar-refractivity contribution in [3.8, 4) is 0 Å². The molecule has 1 unspecified atom stereocenters. The number of hydrogen-bond acceptors (Lipinski definition) is 4. The Morgan fingerprint density at radius 2 is 1.92 bits per heavy atom. The molecule has 6 nitrogen and oxygen atoms in total. The molecule has 1 atom stereocenters. The standard InChI is InChI=1S/C16H14ClNO5S/c1-16(2,15(19)20)18(24(21)22)10-4-6-13-12(8-10)11-5-3-9(17)7-14(11)23-13/h3-8H,1-2H3,(H,19,20)(H,21,22)/p-1. The van der Waals surface area contributed by atoms with Gasteiger partial charge in [-0.05, 0) is 44.2 Å². The number of halogens is 1. The molecule has 1 N–H and O–H groups in total. The topological polar surface area (TPSA) is 93.8 Å². The second-order valence-electron chi connectivity index (χ2n) is 5.80. The van der Waals surface area contributed by atoms with E-state index < -0.39 is 22.8 Å². The fourth-order valence-corrected chi connectivity index (χ4v) is 3.45. The second kappa shape index (κ2) is 5.77. The fraction of sp³-hybridized carbons (Fsp3) is 0.188. The van der Waals surface area contributed by atoms with Crippen LogP contribution in [0.5, 0.6) is 0 Å². The second-order valence-corrected chi connectivity index (χ2v) is 7.03. The molecule has 24 heavy (non-hydrogen) atoms. The third-order valence-electron chi connectivity index (χ3n) is 3.83. The fourth-order valence-electron chi connectivity index (χ4n) is 2.55. The summed E-state index contributed by atoms with van der Waals surface area (Å²) in [6.45, 7) is 2.64. The summed E-state index contributed by atoms with van der Waals surface area (Å²) in [5, 5.41) is 11.3. The number of furan rings is 1. The van der Waals surface area contributed by atoms with Gasteiger partial charge in [0.15, 0.2) is 0 Å². The molecule has 0 amide bonds. The number of fused-ring (bicyclic) bond motifs is 3. The van der Waals surface area contributed by atoms with Crippen molar-refractivity contribution < 1.29 is 23.1 Å². The number of hydrogen-bond donors (Lipinski definition) is 1. The van der Waals surface area contributed by atoms with Gasteiger partial charge >= 0.3 is 5.97 Å². The van der Waals surface area contributed by atoms with Crippen LogP contribution in [-0.4, -0.2) is 25.4 Å². The van der Waals surface area contributed by atoms with Crippen LogP contribution in [0.15, 0.2) is 40.8 Å². The quantitative estimate of drug-likeness (QED) is 0.710. The van der Waals surface area contributed by atoms with Gasteiger partial charge in [0, 0.05) is 33.1 Å². The minimum Gasteiger partial charge on any atom is -0.755 e. The molecule has 1 heterocycles. The highest BCUT2D eigenvalue weighted by Crippen LogP contribution is 2.35. The first-order valence-corrected chi connectivity index (χ1v) is 8.37. The van der Waals surface area contributed by atoms with Crippen LogP contribution in [0.25, 0.3) is 21.9 Å². The Morgan fingerprint density at radius 1 is 1.21 bits per heavy atom. The van der Waals surface area contributed by atoms with E-state index in [1.165, 1.54) is 19.9 Å². The average molecular weight is 367 g/mol. The molecule has 1 aromatic heterocycles. The van der Waals surface area contributed by atoms with E-state index in [1.54, 1.807) is 30.3 Å². The zero-order chi connectivity index (χ0) is 17.6. The van der Waals surface area contributed by atoms with Crippen molar-refractivity contribution in [2.24, 2.45) is 0 Å². The maximum atomic E-state index is 11.7. The molecule has 3 rings (SSSR count). The molecule has 2 aromatic carbocycles. The highest BCUT2D eigenvalue weighted by molar-refractivity contribution is 7.80. The van der Waals surface area contributed by atoms with E-state index in [2.05, 4.69) is 0 Å². The van der Waals surface area contributed by atoms with Gasteiger partial charge in [-0.15, -0.1) is 0 Å². The third-order valence-corrected chi connectivity index (χ3v) is 5.03. The zero-order valence-corrected chi connectivity index (χ0v) is 14.4. The summed E-state index contributed by atoms with van der Waals surface area (Å²) in [4.78, 5) is 11.5. The number of carboxylic acid groups (broad SMARTS) is 1. The number of rotatable bonds is 4. The van der Waals surface area contributed by atoms with Crippen molar-refractivity contribution >= 4 is 56.5 Å². The van der Waals surface area contributed by atoms with Gasteiger partial charge in [-0.2, -0.15) is 0 Å². The molecule has 8 heteroatoms. The molecular weight excluding hydrogens is 354 g/mol. The Hall–Kier alpha value is -2.09. The monoisotopic (exact) mass is 366 g/mol. The molecule has 0 spiro atoms. The summed E-state index contributed by atoms with van der Waals surface area (Å²) in [5.41, 5.74) is -0.271. The molecular formula is C16H13ClNO5S-. The molecule has 0 bridgehead atoms. The largest absolute Gasteiger partial charge is 0.755 e. The minimum absolute atomic E-state index is 0.237. The van der Waals surface area contributed by atoms with Crippen molar-refractivity contribution in [3.05, 3.63) is 41.4 Å². The van der Waals surface area contributed by atoms with Gasteiger partial charge in [-0.3, -0.25) is 8.51 Å². The Balaban J connectivity index is 2.23. The molecule has 0 saturated heterocycles. The van der Waals surface area contributed by atoms with Gasteiger partial charge in [-0.25, -0.2) is 4.79 Å². The number of anilines is 1. The summed E-state index contributed by atoms with van der Waals surface area (Å²) in [5.74, 6) is -1.25. The lowest BCUT2D eigenvalue weighted by Gasteiger charge is -2.37. The van der Waals surface area contributed by atoms with Gasteiger partial charge in [0.25, 0.3) is 0 Å². The van der Waals surface area contributed by atoms with Gasteiger partial charge in [0.1, 0.15) is 16.7 Å². The summed E-state index contributed by atoms with van der Waals surface area (Å²) >= 11 is 3.19. The van der Waals surface area contributed by atoms with Crippen molar-refractivity contribution in [2.75, 3.05) is 4.31 Å². The van der Waals surface area contributed by atoms with Crippen LogP contribution in [0, 0.1) is 0 Å². The van der Waals surface area contributed by atoms with E-state index in [0.29, 0.717) is 21.6 Å². The van der Waals surface area contributed by atoms with E-state index in [4.69, 9.17) is 16.0 Å². The summed E-state index contributed by atoms with van der Waals surface area (Å²) in [6, 6.07) is 9.85. The lowest BCUT2D eigenvalue weighted by Crippen LogP contribution is -2.51. The van der Waals surface area contributed by atoms with E-state index in [0.717, 1.165) is 9.69 Å². The first kappa shape index (κ1) is 16.8. The smallest absolute Gasteiger partial charge is 0.329 e. The Labute approximate surface area is 145 Å². The minimum atomic E-state index is -2.76. The Bertz CT molecular complexity index is 981. The number of benzene rings is 2. The Kier molecular flexibility index (Phi) is 4.03. The van der Waals surface area contributed by atoms with Crippen LogP contribution in [0.2, 0.25) is 5.02 Å². The van der Waals surface area contributed by atoms with E-state index >= 15 is 0 Å². The highest BCUT2D eigenvalue weighted by Gasteiger charge is 2.36. The number of carboxylic acids is 1. The van der Waals surface area contributed by atoms with Crippen LogP contribution in [0.1, 0.15) is 13.8 Å². The van der Waals surface area contributed by atoms with Crippen molar-refractivity contribution in [3.63, 3.8) is 0 Å². The van der Waals surface area contributed by atoms with Crippen LogP contribution < -0.4 is 4.31 Å². The molecule has 0 aliphatic rings. The van der Waals surface area contributed by atoms with E-state index in [9.17, 15) is 18.7 Å². The summed E-state index contributed by atoms with van der Waals surface area (Å²) in [7, 11) is 0. The van der Waals surface area contributed by atoms with Gasteiger partial charge in [-0.1, -0.05) is 11.6 Å². The average Bonchev–Trinajstić information content (AvgIpc) is 2.83. The zero-order valence-electron chi connectivity index (χ0n) is 12.8. The lowest BCUT2D eigenvalue weighted by molar-refractivity contribution is -0.141. The Morgan fingerprint density at radius 3 is 2.54 bits per heavy atom. The normalized spacial score (nSPS) is 13.3. The van der Waals surface area contributed by atoms with E-state index in [1.807, 2.05) is 0 Å². The summed E-state index contributed by atoms with van der Waals surface area (Å²) in [6.07, 6.45) is 0. The molecule has 0 fully saturated rings. The number of nitrogens with zero attached hydrogens (tertiary/aromatic N) is 1. The van der Waals surface area contributed by atoms with Crippen molar-refractivity contribution in [1.82, 2.24) is 0 Å². The van der Waals surface area contributed by atoms with Crippen molar-refractivity contribution in [1.29, 1.82) is 0 Å². The van der Waals surface area contributed by atoms with Gasteiger partial charge in [0.05, 0.1) is 5.69 Å². The number of carbonyl (C=O) groups is 1. The maximum absolute atomic E-state index is 11.7. The molecule has 0 saturated carbocycles. The molecule has 0 aliphatic carbocycles. The van der Waals surface area contributed by atoms with E-state index in [-0.39, 0.29) is 5.69 Å². The van der Waals surface area contributed by atoms with Crippen LogP contribution in [0.3, 0.4) is 0 Å². The SMILES string of the molecule is CC(C)(C(=O)O)N(c1ccc2oc3cc(Cl)ccc3c2c1)S(=O)[O-]. The molecule has 0 radical (unpaired) electrons. The first-order chi connectivity index (χ1) is 11.2. The van der Waals surface area contributed by atoms with Crippen LogP contribution in [0.4, 0.5) is 5.69 Å².